The van der Waals surface area contributed by atoms with Crippen molar-refractivity contribution < 1.29 is 22.7 Å². The lowest BCUT2D eigenvalue weighted by atomic mass is 10.1. The van der Waals surface area contributed by atoms with Crippen LogP contribution in [0.4, 0.5) is 18.9 Å². The zero-order chi connectivity index (χ0) is 18.9. The van der Waals surface area contributed by atoms with Crippen LogP contribution < -0.4 is 9.64 Å². The third-order valence-electron chi connectivity index (χ3n) is 4.23. The molecule has 1 aliphatic rings. The van der Waals surface area contributed by atoms with Crippen LogP contribution in [0.2, 0.25) is 0 Å². The highest BCUT2D eigenvalue weighted by atomic mass is 19.4. The molecule has 26 heavy (non-hydrogen) atoms. The van der Waals surface area contributed by atoms with Gasteiger partial charge in [0.15, 0.2) is 6.10 Å². The van der Waals surface area contributed by atoms with Gasteiger partial charge in [0.05, 0.1) is 17.8 Å². The van der Waals surface area contributed by atoms with Crippen molar-refractivity contribution in [3.05, 3.63) is 59.7 Å². The highest BCUT2D eigenvalue weighted by molar-refractivity contribution is 5.83. The molecule has 2 aromatic carbocycles. The molecule has 0 saturated heterocycles. The Morgan fingerprint density at radius 2 is 1.81 bits per heavy atom. The predicted molar refractivity (Wildman–Crippen MR) is 92.0 cm³/mol. The number of hydrogen-bond donors (Lipinski definition) is 0. The van der Waals surface area contributed by atoms with Gasteiger partial charge in [0, 0.05) is 20.6 Å². The molecule has 0 saturated carbocycles. The van der Waals surface area contributed by atoms with Gasteiger partial charge in [-0.15, -0.1) is 0 Å². The highest BCUT2D eigenvalue weighted by Gasteiger charge is 2.32. The Bertz CT molecular complexity index is 788. The van der Waals surface area contributed by atoms with Gasteiger partial charge in [-0.2, -0.15) is 13.2 Å². The lowest BCUT2D eigenvalue weighted by molar-refractivity contribution is -0.137. The van der Waals surface area contributed by atoms with Crippen LogP contribution in [0.3, 0.4) is 0 Å². The second-order valence-electron chi connectivity index (χ2n) is 6.38. The van der Waals surface area contributed by atoms with Crippen LogP contribution in [0.25, 0.3) is 0 Å². The maximum Gasteiger partial charge on any atom is 0.416 e. The SMILES string of the molecule is CN(C)C(=O)C1CN(Cc2ccc(C(F)(F)F)cc2)c2ccccc2O1. The van der Waals surface area contributed by atoms with E-state index in [0.717, 1.165) is 23.4 Å². The first-order valence-corrected chi connectivity index (χ1v) is 8.13. The summed E-state index contributed by atoms with van der Waals surface area (Å²) in [7, 11) is 3.32. The van der Waals surface area contributed by atoms with Gasteiger partial charge in [0.25, 0.3) is 5.91 Å². The summed E-state index contributed by atoms with van der Waals surface area (Å²) in [5.74, 6) is 0.433. The minimum Gasteiger partial charge on any atom is -0.477 e. The Morgan fingerprint density at radius 1 is 1.15 bits per heavy atom. The van der Waals surface area contributed by atoms with Gasteiger partial charge in [0.2, 0.25) is 0 Å². The summed E-state index contributed by atoms with van der Waals surface area (Å²) in [5, 5.41) is 0. The number of halogens is 3. The van der Waals surface area contributed by atoms with E-state index < -0.39 is 17.8 Å². The molecule has 0 fully saturated rings. The maximum atomic E-state index is 12.7. The fourth-order valence-corrected chi connectivity index (χ4v) is 2.89. The van der Waals surface area contributed by atoms with Crippen molar-refractivity contribution in [2.75, 3.05) is 25.5 Å². The number of nitrogens with zero attached hydrogens (tertiary/aromatic N) is 2. The van der Waals surface area contributed by atoms with Crippen molar-refractivity contribution in [3.63, 3.8) is 0 Å². The molecule has 0 spiro atoms. The monoisotopic (exact) mass is 364 g/mol. The smallest absolute Gasteiger partial charge is 0.416 e. The molecule has 0 bridgehead atoms. The largest absolute Gasteiger partial charge is 0.477 e. The van der Waals surface area contributed by atoms with E-state index in [1.54, 1.807) is 20.2 Å². The van der Waals surface area contributed by atoms with E-state index in [4.69, 9.17) is 4.74 Å². The van der Waals surface area contributed by atoms with Crippen molar-refractivity contribution in [1.29, 1.82) is 0 Å². The Morgan fingerprint density at radius 3 is 2.42 bits per heavy atom. The average molecular weight is 364 g/mol. The van der Waals surface area contributed by atoms with Crippen LogP contribution in [0.1, 0.15) is 11.1 Å². The molecular formula is C19H19F3N2O2. The number of likely N-dealkylation sites (N-methyl/N-ethyl adjacent to an activating group) is 1. The number of amides is 1. The van der Waals surface area contributed by atoms with Crippen molar-refractivity contribution in [2.45, 2.75) is 18.8 Å². The van der Waals surface area contributed by atoms with E-state index >= 15 is 0 Å². The number of alkyl halides is 3. The number of rotatable bonds is 3. The Balaban J connectivity index is 1.84. The number of benzene rings is 2. The molecule has 1 heterocycles. The Hall–Kier alpha value is -2.70. The number of fused-ring (bicyclic) bond motifs is 1. The molecule has 7 heteroatoms. The Labute approximate surface area is 149 Å². The molecule has 0 aromatic heterocycles. The van der Waals surface area contributed by atoms with E-state index in [0.29, 0.717) is 18.8 Å². The summed E-state index contributed by atoms with van der Waals surface area (Å²) >= 11 is 0. The van der Waals surface area contributed by atoms with Crippen LogP contribution in [-0.4, -0.2) is 37.6 Å². The number of carbonyl (C=O) groups excluding carboxylic acids is 1. The second kappa shape index (κ2) is 6.90. The third kappa shape index (κ3) is 3.76. The molecule has 0 N–H and O–H groups in total. The fraction of sp³-hybridized carbons (Fsp3) is 0.316. The first-order valence-electron chi connectivity index (χ1n) is 8.13. The van der Waals surface area contributed by atoms with Crippen LogP contribution in [0.5, 0.6) is 5.75 Å². The number of hydrogen-bond acceptors (Lipinski definition) is 3. The van der Waals surface area contributed by atoms with E-state index in [-0.39, 0.29) is 5.91 Å². The predicted octanol–water partition coefficient (Wildman–Crippen LogP) is 3.56. The van der Waals surface area contributed by atoms with Gasteiger partial charge < -0.3 is 14.5 Å². The standard InChI is InChI=1S/C19H19F3N2O2/c1-23(2)18(25)17-12-24(15-5-3-4-6-16(15)26-17)11-13-7-9-14(10-8-13)19(20,21)22/h3-10,17H,11-12H2,1-2H3. The van der Waals surface area contributed by atoms with Crippen molar-refractivity contribution in [3.8, 4) is 5.75 Å². The molecule has 0 aliphatic carbocycles. The number of carbonyl (C=O) groups is 1. The average Bonchev–Trinajstić information content (AvgIpc) is 2.60. The summed E-state index contributed by atoms with van der Waals surface area (Å²) in [4.78, 5) is 15.7. The van der Waals surface area contributed by atoms with Crippen molar-refractivity contribution in [2.24, 2.45) is 0 Å². The van der Waals surface area contributed by atoms with E-state index in [9.17, 15) is 18.0 Å². The van der Waals surface area contributed by atoms with Crippen molar-refractivity contribution in [1.82, 2.24) is 4.90 Å². The minimum absolute atomic E-state index is 0.156. The summed E-state index contributed by atoms with van der Waals surface area (Å²) < 4.78 is 44.0. The van der Waals surface area contributed by atoms with Crippen molar-refractivity contribution >= 4 is 11.6 Å². The van der Waals surface area contributed by atoms with Crippen LogP contribution >= 0.6 is 0 Å². The van der Waals surface area contributed by atoms with Crippen LogP contribution in [-0.2, 0) is 17.5 Å². The molecule has 1 atom stereocenters. The first-order chi connectivity index (χ1) is 12.3. The quantitative estimate of drug-likeness (QED) is 0.835. The van der Waals surface area contributed by atoms with Gasteiger partial charge in [-0.25, -0.2) is 0 Å². The number of ether oxygens (including phenoxy) is 1. The van der Waals surface area contributed by atoms with E-state index in [1.165, 1.54) is 17.0 Å². The molecule has 1 aliphatic heterocycles. The molecule has 3 rings (SSSR count). The summed E-state index contributed by atoms with van der Waals surface area (Å²) in [5.41, 5.74) is 0.866. The minimum atomic E-state index is -4.35. The Kier molecular flexibility index (Phi) is 4.80. The molecule has 1 unspecified atom stereocenters. The second-order valence-corrected chi connectivity index (χ2v) is 6.38. The van der Waals surface area contributed by atoms with Gasteiger partial charge in [-0.1, -0.05) is 24.3 Å². The molecular weight excluding hydrogens is 345 g/mol. The summed E-state index contributed by atoms with van der Waals surface area (Å²) in [6.07, 6.45) is -5.01. The third-order valence-corrected chi connectivity index (χ3v) is 4.23. The molecule has 1 amide bonds. The van der Waals surface area contributed by atoms with Gasteiger partial charge in [0.1, 0.15) is 5.75 Å². The molecule has 4 nitrogen and oxygen atoms in total. The summed E-state index contributed by atoms with van der Waals surface area (Å²) in [6, 6.07) is 12.4. The number of para-hydroxylation sites is 2. The first kappa shape index (κ1) is 18.1. The molecule has 2 aromatic rings. The van der Waals surface area contributed by atoms with Gasteiger partial charge in [-0.3, -0.25) is 4.79 Å². The lowest BCUT2D eigenvalue weighted by Crippen LogP contribution is -2.48. The fourth-order valence-electron chi connectivity index (χ4n) is 2.89. The maximum absolute atomic E-state index is 12.7. The highest BCUT2D eigenvalue weighted by Crippen LogP contribution is 2.35. The molecule has 138 valence electrons. The zero-order valence-corrected chi connectivity index (χ0v) is 14.5. The van der Waals surface area contributed by atoms with E-state index in [1.807, 2.05) is 23.1 Å². The lowest BCUT2D eigenvalue weighted by Gasteiger charge is -2.36. The number of anilines is 1. The van der Waals surface area contributed by atoms with E-state index in [2.05, 4.69) is 0 Å². The topological polar surface area (TPSA) is 32.8 Å². The van der Waals surface area contributed by atoms with Gasteiger partial charge >= 0.3 is 6.18 Å². The van der Waals surface area contributed by atoms with Crippen LogP contribution in [0, 0.1) is 0 Å². The van der Waals surface area contributed by atoms with Crippen LogP contribution in [0.15, 0.2) is 48.5 Å². The zero-order valence-electron chi connectivity index (χ0n) is 14.5. The normalized spacial score (nSPS) is 16.7. The van der Waals surface area contributed by atoms with Gasteiger partial charge in [-0.05, 0) is 29.8 Å². The summed E-state index contributed by atoms with van der Waals surface area (Å²) in [6.45, 7) is 0.713. The molecule has 0 radical (unpaired) electrons.